The number of carbonyl (C=O) groups excluding carboxylic acids is 1. The standard InChI is InChI=1S/C15H17N3O3S/c1-3-21-14(19)8-13-10-16-15(22-13)18-17-9-11-5-4-6-12(7-11)20-2/h4-7,9-10H,3,8H2,1-2H3,(H,16,18)/b17-9+. The number of benzene rings is 1. The van der Waals surface area contributed by atoms with Gasteiger partial charge in [0.1, 0.15) is 5.75 Å². The van der Waals surface area contributed by atoms with Crippen molar-refractivity contribution in [2.45, 2.75) is 13.3 Å². The second-order valence-electron chi connectivity index (χ2n) is 4.26. The smallest absolute Gasteiger partial charge is 0.311 e. The third-order valence-electron chi connectivity index (χ3n) is 2.65. The molecule has 1 aromatic carbocycles. The molecule has 0 aliphatic heterocycles. The number of carbonyl (C=O) groups is 1. The van der Waals surface area contributed by atoms with Crippen LogP contribution >= 0.6 is 11.3 Å². The molecule has 1 heterocycles. The maximum Gasteiger partial charge on any atom is 0.311 e. The lowest BCUT2D eigenvalue weighted by atomic mass is 10.2. The Bertz CT molecular complexity index is 655. The molecule has 0 fully saturated rings. The van der Waals surface area contributed by atoms with Crippen molar-refractivity contribution in [3.63, 3.8) is 0 Å². The quantitative estimate of drug-likeness (QED) is 0.482. The van der Waals surface area contributed by atoms with E-state index in [0.29, 0.717) is 11.7 Å². The van der Waals surface area contributed by atoms with Gasteiger partial charge in [0.25, 0.3) is 0 Å². The van der Waals surface area contributed by atoms with Crippen LogP contribution in [0, 0.1) is 0 Å². The van der Waals surface area contributed by atoms with E-state index in [1.807, 2.05) is 24.3 Å². The minimum Gasteiger partial charge on any atom is -0.497 e. The molecule has 0 bridgehead atoms. The highest BCUT2D eigenvalue weighted by molar-refractivity contribution is 7.15. The van der Waals surface area contributed by atoms with Crippen LogP contribution in [0.4, 0.5) is 5.13 Å². The topological polar surface area (TPSA) is 72.8 Å². The minimum atomic E-state index is -0.252. The monoisotopic (exact) mass is 319 g/mol. The summed E-state index contributed by atoms with van der Waals surface area (Å²) in [5.41, 5.74) is 3.75. The molecular formula is C15H17N3O3S. The highest BCUT2D eigenvalue weighted by atomic mass is 32.1. The van der Waals surface area contributed by atoms with Gasteiger partial charge in [-0.1, -0.05) is 23.5 Å². The Hall–Kier alpha value is -2.41. The predicted octanol–water partition coefficient (Wildman–Crippen LogP) is 2.70. The van der Waals surface area contributed by atoms with Gasteiger partial charge in [0, 0.05) is 11.1 Å². The van der Waals surface area contributed by atoms with Crippen molar-refractivity contribution in [1.29, 1.82) is 0 Å². The Balaban J connectivity index is 1.90. The summed E-state index contributed by atoms with van der Waals surface area (Å²) >= 11 is 1.37. The van der Waals surface area contributed by atoms with Crippen LogP contribution < -0.4 is 10.2 Å². The van der Waals surface area contributed by atoms with Crippen LogP contribution in [0.3, 0.4) is 0 Å². The Labute approximate surface area is 132 Å². The first-order chi connectivity index (χ1) is 10.7. The first-order valence-corrected chi connectivity index (χ1v) is 7.56. The van der Waals surface area contributed by atoms with Crippen molar-refractivity contribution >= 4 is 28.7 Å². The van der Waals surface area contributed by atoms with Gasteiger partial charge >= 0.3 is 5.97 Å². The van der Waals surface area contributed by atoms with E-state index in [4.69, 9.17) is 9.47 Å². The van der Waals surface area contributed by atoms with Gasteiger partial charge in [0.2, 0.25) is 5.13 Å². The number of hydrogen-bond acceptors (Lipinski definition) is 7. The largest absolute Gasteiger partial charge is 0.497 e. The molecule has 1 aromatic heterocycles. The molecule has 0 amide bonds. The summed E-state index contributed by atoms with van der Waals surface area (Å²) in [5, 5.41) is 4.74. The summed E-state index contributed by atoms with van der Waals surface area (Å²) in [6.07, 6.45) is 3.55. The third-order valence-corrected chi connectivity index (χ3v) is 3.55. The Kier molecular flexibility index (Phi) is 5.91. The van der Waals surface area contributed by atoms with E-state index in [9.17, 15) is 4.79 Å². The number of aromatic nitrogens is 1. The molecule has 1 N–H and O–H groups in total. The number of rotatable bonds is 7. The van der Waals surface area contributed by atoms with Gasteiger partial charge in [-0.15, -0.1) is 0 Å². The van der Waals surface area contributed by atoms with E-state index in [2.05, 4.69) is 15.5 Å². The van der Waals surface area contributed by atoms with Gasteiger partial charge in [-0.05, 0) is 24.6 Å². The Morgan fingerprint density at radius 3 is 3.14 bits per heavy atom. The number of nitrogens with one attached hydrogen (secondary N) is 1. The molecule has 22 heavy (non-hydrogen) atoms. The fourth-order valence-corrected chi connectivity index (χ4v) is 2.43. The summed E-state index contributed by atoms with van der Waals surface area (Å²) in [6, 6.07) is 7.55. The van der Waals surface area contributed by atoms with Crippen LogP contribution in [0.2, 0.25) is 0 Å². The van der Waals surface area contributed by atoms with Crippen LogP contribution in [0.15, 0.2) is 35.6 Å². The normalized spacial score (nSPS) is 10.6. The van der Waals surface area contributed by atoms with Gasteiger partial charge in [0.15, 0.2) is 0 Å². The van der Waals surface area contributed by atoms with E-state index in [0.717, 1.165) is 16.2 Å². The van der Waals surface area contributed by atoms with E-state index in [-0.39, 0.29) is 12.4 Å². The highest BCUT2D eigenvalue weighted by Gasteiger charge is 2.07. The molecule has 0 unspecified atom stereocenters. The molecule has 0 spiro atoms. The third kappa shape index (κ3) is 4.85. The van der Waals surface area contributed by atoms with Gasteiger partial charge in [-0.2, -0.15) is 5.10 Å². The average Bonchev–Trinajstić information content (AvgIpc) is 2.95. The van der Waals surface area contributed by atoms with Crippen LogP contribution in [0.1, 0.15) is 17.4 Å². The number of esters is 1. The maximum absolute atomic E-state index is 11.4. The molecule has 116 valence electrons. The SMILES string of the molecule is CCOC(=O)Cc1cnc(N/N=C/c2cccc(OC)c2)s1. The molecule has 0 atom stereocenters. The number of hydrazone groups is 1. The second kappa shape index (κ2) is 8.14. The fourth-order valence-electron chi connectivity index (χ4n) is 1.68. The Morgan fingerprint density at radius 1 is 1.50 bits per heavy atom. The van der Waals surface area contributed by atoms with Crippen molar-refractivity contribution in [2.75, 3.05) is 19.1 Å². The fraction of sp³-hybridized carbons (Fsp3) is 0.267. The van der Waals surface area contributed by atoms with Gasteiger partial charge in [-0.25, -0.2) is 4.98 Å². The molecule has 0 saturated heterocycles. The number of methoxy groups -OCH3 is 1. The van der Waals surface area contributed by atoms with E-state index >= 15 is 0 Å². The molecule has 0 aliphatic rings. The van der Waals surface area contributed by atoms with Crippen LogP contribution in [-0.4, -0.2) is 30.9 Å². The minimum absolute atomic E-state index is 0.229. The summed E-state index contributed by atoms with van der Waals surface area (Å²) < 4.78 is 10.0. The molecule has 0 radical (unpaired) electrons. The van der Waals surface area contributed by atoms with Crippen molar-refractivity contribution in [2.24, 2.45) is 5.10 Å². The number of nitrogens with zero attached hydrogens (tertiary/aromatic N) is 2. The molecule has 2 rings (SSSR count). The van der Waals surface area contributed by atoms with Crippen LogP contribution in [-0.2, 0) is 16.0 Å². The first-order valence-electron chi connectivity index (χ1n) is 6.74. The van der Waals surface area contributed by atoms with E-state index < -0.39 is 0 Å². The Morgan fingerprint density at radius 2 is 2.36 bits per heavy atom. The lowest BCUT2D eigenvalue weighted by Crippen LogP contribution is -2.06. The lowest BCUT2D eigenvalue weighted by Gasteiger charge is -1.99. The summed E-state index contributed by atoms with van der Waals surface area (Å²) in [6.45, 7) is 2.17. The molecular weight excluding hydrogens is 302 g/mol. The number of thiazole rings is 1. The van der Waals surface area contributed by atoms with Crippen LogP contribution in [0.5, 0.6) is 5.75 Å². The zero-order chi connectivity index (χ0) is 15.8. The van der Waals surface area contributed by atoms with Gasteiger partial charge < -0.3 is 9.47 Å². The lowest BCUT2D eigenvalue weighted by molar-refractivity contribution is -0.142. The molecule has 0 aliphatic carbocycles. The van der Waals surface area contributed by atoms with Gasteiger partial charge in [-0.3, -0.25) is 10.2 Å². The maximum atomic E-state index is 11.4. The van der Waals surface area contributed by atoms with Crippen molar-refractivity contribution < 1.29 is 14.3 Å². The zero-order valence-electron chi connectivity index (χ0n) is 12.4. The summed E-state index contributed by atoms with van der Waals surface area (Å²) in [7, 11) is 1.62. The summed E-state index contributed by atoms with van der Waals surface area (Å²) in [5.74, 6) is 0.521. The molecule has 7 heteroatoms. The van der Waals surface area contributed by atoms with Crippen molar-refractivity contribution in [1.82, 2.24) is 4.98 Å². The van der Waals surface area contributed by atoms with Crippen molar-refractivity contribution in [3.8, 4) is 5.75 Å². The highest BCUT2D eigenvalue weighted by Crippen LogP contribution is 2.19. The molecule has 2 aromatic rings. The van der Waals surface area contributed by atoms with E-state index in [1.165, 1.54) is 11.3 Å². The average molecular weight is 319 g/mol. The van der Waals surface area contributed by atoms with Crippen molar-refractivity contribution in [3.05, 3.63) is 40.9 Å². The number of hydrogen-bond donors (Lipinski definition) is 1. The zero-order valence-corrected chi connectivity index (χ0v) is 13.2. The summed E-state index contributed by atoms with van der Waals surface area (Å²) in [4.78, 5) is 16.4. The predicted molar refractivity (Wildman–Crippen MR) is 86.7 cm³/mol. The first kappa shape index (κ1) is 16.0. The van der Waals surface area contributed by atoms with Crippen LogP contribution in [0.25, 0.3) is 0 Å². The van der Waals surface area contributed by atoms with E-state index in [1.54, 1.807) is 26.4 Å². The molecule has 0 saturated carbocycles. The number of anilines is 1. The second-order valence-corrected chi connectivity index (χ2v) is 5.38. The number of ether oxygens (including phenoxy) is 2. The van der Waals surface area contributed by atoms with Gasteiger partial charge in [0.05, 0.1) is 26.4 Å². The molecule has 6 nitrogen and oxygen atoms in total.